The second-order valence-electron chi connectivity index (χ2n) is 3.62. The Morgan fingerprint density at radius 2 is 2.07 bits per heavy atom. The highest BCUT2D eigenvalue weighted by molar-refractivity contribution is 7.78. The number of halogens is 1. The van der Waals surface area contributed by atoms with Gasteiger partial charge in [-0.25, -0.2) is 4.99 Å². The molecule has 0 saturated carbocycles. The van der Waals surface area contributed by atoms with Crippen molar-refractivity contribution in [3.05, 3.63) is 0 Å². The van der Waals surface area contributed by atoms with Gasteiger partial charge in [-0.1, -0.05) is 26.2 Å². The van der Waals surface area contributed by atoms with E-state index >= 15 is 0 Å². The first-order chi connectivity index (χ1) is 7.20. The Balaban J connectivity index is 3.65. The zero-order valence-electron chi connectivity index (χ0n) is 9.17. The maximum absolute atomic E-state index is 10.5. The van der Waals surface area contributed by atoms with Crippen LogP contribution in [-0.4, -0.2) is 16.4 Å². The predicted octanol–water partition coefficient (Wildman–Crippen LogP) is 3.97. The number of thiocarbonyl (C=S) groups is 1. The van der Waals surface area contributed by atoms with Crippen LogP contribution >= 0.6 is 23.8 Å². The third-order valence-corrected chi connectivity index (χ3v) is 2.58. The van der Waals surface area contributed by atoms with E-state index in [0.29, 0.717) is 6.42 Å². The molecule has 0 aliphatic carbocycles. The minimum Gasteiger partial charge on any atom is -0.281 e. The van der Waals surface area contributed by atoms with Crippen LogP contribution in [0.3, 0.4) is 0 Å². The quantitative estimate of drug-likeness (QED) is 0.267. The van der Waals surface area contributed by atoms with Gasteiger partial charge in [0.15, 0.2) is 0 Å². The van der Waals surface area contributed by atoms with Gasteiger partial charge >= 0.3 is 0 Å². The molecule has 0 fully saturated rings. The first-order valence-corrected chi connectivity index (χ1v) is 6.24. The van der Waals surface area contributed by atoms with E-state index in [2.05, 4.69) is 29.3 Å². The first kappa shape index (κ1) is 14.8. The maximum Gasteiger partial charge on any atom is 0.221 e. The summed E-state index contributed by atoms with van der Waals surface area (Å²) in [4.78, 5) is 14.6. The average molecular weight is 248 g/mol. The zero-order valence-corrected chi connectivity index (χ0v) is 10.7. The fourth-order valence-electron chi connectivity index (χ4n) is 1.43. The lowest BCUT2D eigenvalue weighted by atomic mass is 10.0. The van der Waals surface area contributed by atoms with Crippen molar-refractivity contribution in [1.29, 1.82) is 0 Å². The number of isothiocyanates is 1. The molecule has 1 atom stereocenters. The Morgan fingerprint density at radius 3 is 2.60 bits per heavy atom. The molecule has 2 nitrogen and oxygen atoms in total. The molecular weight excluding hydrogens is 230 g/mol. The maximum atomic E-state index is 10.5. The van der Waals surface area contributed by atoms with Crippen LogP contribution in [0.15, 0.2) is 4.99 Å². The number of hydrogen-bond donors (Lipinski definition) is 0. The molecular formula is C11H18ClNOS. The number of nitrogens with zero attached hydrogens (tertiary/aromatic N) is 1. The summed E-state index contributed by atoms with van der Waals surface area (Å²) in [6.07, 6.45) is 6.67. The van der Waals surface area contributed by atoms with Crippen molar-refractivity contribution in [2.75, 3.05) is 0 Å². The van der Waals surface area contributed by atoms with Crippen LogP contribution in [-0.2, 0) is 4.79 Å². The molecule has 4 heteroatoms. The van der Waals surface area contributed by atoms with E-state index in [4.69, 9.17) is 11.6 Å². The van der Waals surface area contributed by atoms with Gasteiger partial charge in [0, 0.05) is 6.42 Å². The van der Waals surface area contributed by atoms with Gasteiger partial charge in [-0.2, -0.15) is 0 Å². The molecule has 0 aromatic heterocycles. The Morgan fingerprint density at radius 1 is 1.40 bits per heavy atom. The number of aliphatic imine (C=N–C) groups is 1. The summed E-state index contributed by atoms with van der Waals surface area (Å²) in [5, 5.41) is 2.19. The van der Waals surface area contributed by atoms with Crippen molar-refractivity contribution < 1.29 is 4.79 Å². The van der Waals surface area contributed by atoms with Crippen LogP contribution in [0.2, 0.25) is 0 Å². The second kappa shape index (κ2) is 10.3. The standard InChI is InChI=1S/C11H18ClNOS/c1-2-3-6-10(13-9-15)7-4-5-8-11(12)14/h10H,2-8H2,1H3. The lowest BCUT2D eigenvalue weighted by molar-refractivity contribution is -0.111. The molecule has 0 N–H and O–H groups in total. The van der Waals surface area contributed by atoms with E-state index in [0.717, 1.165) is 25.7 Å². The minimum atomic E-state index is -0.251. The molecule has 86 valence electrons. The van der Waals surface area contributed by atoms with E-state index in [1.54, 1.807) is 0 Å². The monoisotopic (exact) mass is 247 g/mol. The fourth-order valence-corrected chi connectivity index (χ4v) is 1.71. The molecule has 0 radical (unpaired) electrons. The average Bonchev–Trinajstić information content (AvgIpc) is 2.20. The number of carbonyl (C=O) groups excluding carboxylic acids is 1. The van der Waals surface area contributed by atoms with Crippen molar-refractivity contribution in [2.24, 2.45) is 4.99 Å². The van der Waals surface area contributed by atoms with E-state index in [1.807, 2.05) is 0 Å². The van der Waals surface area contributed by atoms with Crippen molar-refractivity contribution in [3.63, 3.8) is 0 Å². The van der Waals surface area contributed by atoms with Gasteiger partial charge in [0.25, 0.3) is 0 Å². The highest BCUT2D eigenvalue weighted by Gasteiger charge is 2.06. The summed E-state index contributed by atoms with van der Waals surface area (Å²) in [7, 11) is 0. The lowest BCUT2D eigenvalue weighted by Crippen LogP contribution is -2.04. The summed E-state index contributed by atoms with van der Waals surface area (Å²) in [6.45, 7) is 2.16. The normalized spacial score (nSPS) is 11.9. The molecule has 15 heavy (non-hydrogen) atoms. The van der Waals surface area contributed by atoms with Crippen LogP contribution < -0.4 is 0 Å². The summed E-state index contributed by atoms with van der Waals surface area (Å²) < 4.78 is 0. The van der Waals surface area contributed by atoms with Gasteiger partial charge in [-0.15, -0.1) is 0 Å². The molecule has 0 bridgehead atoms. The Hall–Kier alpha value is -0.240. The van der Waals surface area contributed by atoms with Crippen molar-refractivity contribution >= 4 is 34.2 Å². The van der Waals surface area contributed by atoms with Crippen molar-refractivity contribution in [1.82, 2.24) is 0 Å². The highest BCUT2D eigenvalue weighted by atomic mass is 35.5. The molecule has 0 saturated heterocycles. The number of hydrogen-bond acceptors (Lipinski definition) is 3. The number of carbonyl (C=O) groups is 1. The van der Waals surface area contributed by atoms with E-state index in [1.165, 1.54) is 12.8 Å². The van der Waals surface area contributed by atoms with Gasteiger partial charge in [0.2, 0.25) is 5.24 Å². The summed E-state index contributed by atoms with van der Waals surface area (Å²) >= 11 is 9.85. The second-order valence-corrected chi connectivity index (χ2v) is 4.22. The highest BCUT2D eigenvalue weighted by Crippen LogP contribution is 2.13. The topological polar surface area (TPSA) is 29.4 Å². The number of unbranched alkanes of at least 4 members (excludes halogenated alkanes) is 2. The van der Waals surface area contributed by atoms with Crippen LogP contribution in [0.1, 0.15) is 51.9 Å². The largest absolute Gasteiger partial charge is 0.281 e. The van der Waals surface area contributed by atoms with Gasteiger partial charge in [0.1, 0.15) is 0 Å². The van der Waals surface area contributed by atoms with E-state index in [9.17, 15) is 4.79 Å². The van der Waals surface area contributed by atoms with Crippen LogP contribution in [0.4, 0.5) is 0 Å². The lowest BCUT2D eigenvalue weighted by Gasteiger charge is -2.09. The molecule has 0 heterocycles. The SMILES string of the molecule is CCCCC(CCCCC(=O)Cl)N=C=S. The molecule has 0 aliphatic rings. The number of rotatable bonds is 9. The summed E-state index contributed by atoms with van der Waals surface area (Å²) in [5.74, 6) is 0. The molecule has 0 spiro atoms. The smallest absolute Gasteiger partial charge is 0.221 e. The Bertz CT molecular complexity index is 227. The zero-order chi connectivity index (χ0) is 11.5. The minimum absolute atomic E-state index is 0.251. The van der Waals surface area contributed by atoms with Gasteiger partial charge in [0.05, 0.1) is 11.2 Å². The summed E-state index contributed by atoms with van der Waals surface area (Å²) in [6, 6.07) is 0.285. The predicted molar refractivity (Wildman–Crippen MR) is 67.7 cm³/mol. The van der Waals surface area contributed by atoms with Crippen LogP contribution in [0.25, 0.3) is 0 Å². The third kappa shape index (κ3) is 10.1. The van der Waals surface area contributed by atoms with Gasteiger partial charge < -0.3 is 0 Å². The Kier molecular flexibility index (Phi) is 10.1. The fraction of sp³-hybridized carbons (Fsp3) is 0.818. The molecule has 0 aromatic rings. The Labute approximate surface area is 102 Å². The van der Waals surface area contributed by atoms with Crippen LogP contribution in [0, 0.1) is 0 Å². The molecule has 0 aromatic carbocycles. The first-order valence-electron chi connectivity index (χ1n) is 5.46. The molecule has 0 rings (SSSR count). The van der Waals surface area contributed by atoms with E-state index in [-0.39, 0.29) is 11.3 Å². The van der Waals surface area contributed by atoms with E-state index < -0.39 is 0 Å². The van der Waals surface area contributed by atoms with Gasteiger partial charge in [-0.05, 0) is 43.1 Å². The molecule has 0 amide bonds. The summed E-state index contributed by atoms with van der Waals surface area (Å²) in [5.41, 5.74) is 0. The third-order valence-electron chi connectivity index (χ3n) is 2.29. The van der Waals surface area contributed by atoms with Crippen molar-refractivity contribution in [2.45, 2.75) is 57.9 Å². The van der Waals surface area contributed by atoms with Crippen LogP contribution in [0.5, 0.6) is 0 Å². The van der Waals surface area contributed by atoms with Gasteiger partial charge in [-0.3, -0.25) is 4.79 Å². The van der Waals surface area contributed by atoms with Crippen molar-refractivity contribution in [3.8, 4) is 0 Å². The molecule has 1 unspecified atom stereocenters. The molecule has 0 aliphatic heterocycles.